The van der Waals surface area contributed by atoms with Crippen molar-refractivity contribution < 1.29 is 9.53 Å². The molecule has 0 unspecified atom stereocenters. The Morgan fingerprint density at radius 3 is 2.67 bits per heavy atom. The molecule has 1 aromatic carbocycles. The molecule has 2 atom stereocenters. The quantitative estimate of drug-likeness (QED) is 0.869. The third-order valence-electron chi connectivity index (χ3n) is 4.90. The molecule has 0 N–H and O–H groups in total. The van der Waals surface area contributed by atoms with Gasteiger partial charge in [0.15, 0.2) is 0 Å². The highest BCUT2D eigenvalue weighted by Gasteiger charge is 2.34. The zero-order valence-electron chi connectivity index (χ0n) is 15.0. The lowest BCUT2D eigenvalue weighted by molar-refractivity contribution is 0.0783. The van der Waals surface area contributed by atoms with Gasteiger partial charge in [0, 0.05) is 30.2 Å². The van der Waals surface area contributed by atoms with E-state index in [-0.39, 0.29) is 5.91 Å². The summed E-state index contributed by atoms with van der Waals surface area (Å²) in [7, 11) is 5.78. The highest BCUT2D eigenvalue weighted by molar-refractivity contribution is 6.06. The standard InChI is InChI=1S/C19H25N3O2/c1-12-10-22(11-18(12)21(3)4)19(23)16-8-13(2)20-17-7-6-14(24-5)9-15(16)17/h6-9,12,18H,10-11H2,1-5H3/t12-,18+/m0/s1. The van der Waals surface area contributed by atoms with Crippen molar-refractivity contribution in [1.82, 2.24) is 14.8 Å². The number of likely N-dealkylation sites (tertiary alicyclic amines) is 1. The van der Waals surface area contributed by atoms with Gasteiger partial charge in [0.1, 0.15) is 5.75 Å². The van der Waals surface area contributed by atoms with E-state index in [0.29, 0.717) is 17.5 Å². The molecule has 3 rings (SSSR count). The molecule has 128 valence electrons. The van der Waals surface area contributed by atoms with E-state index in [9.17, 15) is 4.79 Å². The van der Waals surface area contributed by atoms with E-state index in [1.54, 1.807) is 7.11 Å². The van der Waals surface area contributed by atoms with Crippen LogP contribution in [0, 0.1) is 12.8 Å². The number of carbonyl (C=O) groups excluding carboxylic acids is 1. The van der Waals surface area contributed by atoms with Gasteiger partial charge < -0.3 is 14.5 Å². The van der Waals surface area contributed by atoms with Crippen LogP contribution in [0.3, 0.4) is 0 Å². The molecule has 1 aromatic heterocycles. The molecule has 1 aliphatic heterocycles. The van der Waals surface area contributed by atoms with E-state index < -0.39 is 0 Å². The van der Waals surface area contributed by atoms with Gasteiger partial charge in [-0.2, -0.15) is 0 Å². The summed E-state index contributed by atoms with van der Waals surface area (Å²) in [6.07, 6.45) is 0. The molecule has 5 heteroatoms. The normalized spacial score (nSPS) is 20.8. The number of ether oxygens (including phenoxy) is 1. The molecule has 5 nitrogen and oxygen atoms in total. The summed E-state index contributed by atoms with van der Waals surface area (Å²) in [6.45, 7) is 5.68. The van der Waals surface area contributed by atoms with Gasteiger partial charge in [0.05, 0.1) is 18.2 Å². The number of carbonyl (C=O) groups is 1. The van der Waals surface area contributed by atoms with Crippen molar-refractivity contribution in [2.24, 2.45) is 5.92 Å². The number of likely N-dealkylation sites (N-methyl/N-ethyl adjacent to an activating group) is 1. The maximum atomic E-state index is 13.2. The summed E-state index contributed by atoms with van der Waals surface area (Å²) in [5.41, 5.74) is 2.39. The van der Waals surface area contributed by atoms with Crippen LogP contribution in [0.2, 0.25) is 0 Å². The Labute approximate surface area is 143 Å². The van der Waals surface area contributed by atoms with Gasteiger partial charge in [-0.05, 0) is 51.2 Å². The number of hydrogen-bond acceptors (Lipinski definition) is 4. The number of aromatic nitrogens is 1. The molecular weight excluding hydrogens is 302 g/mol. The van der Waals surface area contributed by atoms with Crippen molar-refractivity contribution >= 4 is 16.8 Å². The van der Waals surface area contributed by atoms with Crippen molar-refractivity contribution in [3.8, 4) is 5.75 Å². The molecule has 1 fully saturated rings. The number of hydrogen-bond donors (Lipinski definition) is 0. The average molecular weight is 327 g/mol. The lowest BCUT2D eigenvalue weighted by Gasteiger charge is -2.22. The summed E-state index contributed by atoms with van der Waals surface area (Å²) in [6, 6.07) is 7.98. The summed E-state index contributed by atoms with van der Waals surface area (Å²) >= 11 is 0. The molecule has 1 aliphatic rings. The third kappa shape index (κ3) is 2.96. The third-order valence-corrected chi connectivity index (χ3v) is 4.90. The fourth-order valence-corrected chi connectivity index (χ4v) is 3.60. The van der Waals surface area contributed by atoms with Gasteiger partial charge in [-0.25, -0.2) is 0 Å². The molecular formula is C19H25N3O2. The van der Waals surface area contributed by atoms with Crippen LogP contribution in [-0.4, -0.2) is 61.0 Å². The number of nitrogens with zero attached hydrogens (tertiary/aromatic N) is 3. The van der Waals surface area contributed by atoms with Crippen molar-refractivity contribution in [1.29, 1.82) is 0 Å². The van der Waals surface area contributed by atoms with Crippen LogP contribution >= 0.6 is 0 Å². The SMILES string of the molecule is COc1ccc2nc(C)cc(C(=O)N3C[C@@H](N(C)C)[C@@H](C)C3)c2c1. The molecule has 0 radical (unpaired) electrons. The lowest BCUT2D eigenvalue weighted by Crippen LogP contribution is -2.35. The fourth-order valence-electron chi connectivity index (χ4n) is 3.60. The van der Waals surface area contributed by atoms with Gasteiger partial charge in [-0.1, -0.05) is 6.92 Å². The van der Waals surface area contributed by atoms with Crippen LogP contribution in [-0.2, 0) is 0 Å². The highest BCUT2D eigenvalue weighted by atomic mass is 16.5. The zero-order chi connectivity index (χ0) is 17.4. The number of methoxy groups -OCH3 is 1. The predicted molar refractivity (Wildman–Crippen MR) is 95.6 cm³/mol. The Morgan fingerprint density at radius 1 is 1.29 bits per heavy atom. The van der Waals surface area contributed by atoms with Crippen molar-refractivity contribution in [2.45, 2.75) is 19.9 Å². The maximum Gasteiger partial charge on any atom is 0.254 e. The Hall–Kier alpha value is -2.14. The summed E-state index contributed by atoms with van der Waals surface area (Å²) in [5.74, 6) is 1.28. The van der Waals surface area contributed by atoms with Crippen LogP contribution in [0.15, 0.2) is 24.3 Å². The monoisotopic (exact) mass is 327 g/mol. The minimum atomic E-state index is 0.0787. The first-order chi connectivity index (χ1) is 11.4. The van der Waals surface area contributed by atoms with E-state index in [1.165, 1.54) is 0 Å². The Bertz CT molecular complexity index is 773. The molecule has 0 spiro atoms. The summed E-state index contributed by atoms with van der Waals surface area (Å²) in [5, 5.41) is 0.853. The number of amides is 1. The first-order valence-electron chi connectivity index (χ1n) is 8.31. The topological polar surface area (TPSA) is 45.7 Å². The van der Waals surface area contributed by atoms with Crippen LogP contribution in [0.1, 0.15) is 23.0 Å². The van der Waals surface area contributed by atoms with E-state index in [1.807, 2.05) is 36.1 Å². The van der Waals surface area contributed by atoms with E-state index in [0.717, 1.165) is 35.4 Å². The van der Waals surface area contributed by atoms with E-state index >= 15 is 0 Å². The van der Waals surface area contributed by atoms with Crippen molar-refractivity contribution in [3.63, 3.8) is 0 Å². The van der Waals surface area contributed by atoms with E-state index in [4.69, 9.17) is 4.74 Å². The molecule has 1 saturated heterocycles. The second-order valence-electron chi connectivity index (χ2n) is 6.91. The number of pyridine rings is 1. The minimum Gasteiger partial charge on any atom is -0.497 e. The van der Waals surface area contributed by atoms with Gasteiger partial charge in [-0.15, -0.1) is 0 Å². The first kappa shape index (κ1) is 16.7. The van der Waals surface area contributed by atoms with Crippen LogP contribution in [0.25, 0.3) is 10.9 Å². The minimum absolute atomic E-state index is 0.0787. The van der Waals surface area contributed by atoms with Crippen LogP contribution in [0.5, 0.6) is 5.75 Å². The number of aryl methyl sites for hydroxylation is 1. The predicted octanol–water partition coefficient (Wildman–Crippen LogP) is 2.57. The second-order valence-corrected chi connectivity index (χ2v) is 6.91. The highest BCUT2D eigenvalue weighted by Crippen LogP contribution is 2.27. The second kappa shape index (κ2) is 6.40. The summed E-state index contributed by atoms with van der Waals surface area (Å²) < 4.78 is 5.32. The zero-order valence-corrected chi connectivity index (χ0v) is 15.0. The fraction of sp³-hybridized carbons (Fsp3) is 0.474. The molecule has 2 heterocycles. The molecule has 0 bridgehead atoms. The first-order valence-corrected chi connectivity index (χ1v) is 8.31. The number of fused-ring (bicyclic) bond motifs is 1. The largest absolute Gasteiger partial charge is 0.497 e. The van der Waals surface area contributed by atoms with Gasteiger partial charge in [0.2, 0.25) is 0 Å². The molecule has 24 heavy (non-hydrogen) atoms. The lowest BCUT2D eigenvalue weighted by atomic mass is 10.1. The van der Waals surface area contributed by atoms with Crippen molar-refractivity contribution in [3.05, 3.63) is 35.5 Å². The average Bonchev–Trinajstić information content (AvgIpc) is 2.95. The number of benzene rings is 1. The summed E-state index contributed by atoms with van der Waals surface area (Å²) in [4.78, 5) is 21.9. The van der Waals surface area contributed by atoms with Crippen molar-refractivity contribution in [2.75, 3.05) is 34.3 Å². The van der Waals surface area contributed by atoms with Gasteiger partial charge in [-0.3, -0.25) is 9.78 Å². The molecule has 1 amide bonds. The van der Waals surface area contributed by atoms with Crippen LogP contribution < -0.4 is 4.74 Å². The number of rotatable bonds is 3. The van der Waals surface area contributed by atoms with Gasteiger partial charge in [0.25, 0.3) is 5.91 Å². The van der Waals surface area contributed by atoms with Gasteiger partial charge >= 0.3 is 0 Å². The van der Waals surface area contributed by atoms with E-state index in [2.05, 4.69) is 30.9 Å². The maximum absolute atomic E-state index is 13.2. The Balaban J connectivity index is 2.01. The smallest absolute Gasteiger partial charge is 0.254 e. The molecule has 2 aromatic rings. The Morgan fingerprint density at radius 2 is 2.04 bits per heavy atom. The molecule has 0 aliphatic carbocycles. The van der Waals surface area contributed by atoms with Crippen LogP contribution in [0.4, 0.5) is 0 Å². The molecule has 0 saturated carbocycles. The Kier molecular flexibility index (Phi) is 4.45.